The van der Waals surface area contributed by atoms with E-state index in [0.717, 1.165) is 80.8 Å². The number of carbonyl (C=O) groups excluding carboxylic acids is 1. The van der Waals surface area contributed by atoms with E-state index in [4.69, 9.17) is 0 Å². The third-order valence-corrected chi connectivity index (χ3v) is 5.34. The van der Waals surface area contributed by atoms with Gasteiger partial charge < -0.3 is 10.2 Å². The van der Waals surface area contributed by atoms with Gasteiger partial charge in [-0.15, -0.1) is 12.4 Å². The van der Waals surface area contributed by atoms with Gasteiger partial charge in [-0.2, -0.15) is 5.10 Å². The summed E-state index contributed by atoms with van der Waals surface area (Å²) in [5, 5.41) is 8.04. The van der Waals surface area contributed by atoms with Gasteiger partial charge in [0.15, 0.2) is 0 Å². The number of fused-ring (bicyclic) bond motifs is 1. The fraction of sp³-hybridized carbons (Fsp3) is 0.765. The summed E-state index contributed by atoms with van der Waals surface area (Å²) in [4.78, 5) is 15.0. The molecule has 0 saturated carbocycles. The lowest BCUT2D eigenvalue weighted by atomic mass is 9.92. The van der Waals surface area contributed by atoms with Crippen molar-refractivity contribution in [3.05, 3.63) is 17.0 Å². The van der Waals surface area contributed by atoms with Gasteiger partial charge >= 0.3 is 0 Å². The smallest absolute Gasteiger partial charge is 0.257 e. The first-order valence-electron chi connectivity index (χ1n) is 8.65. The van der Waals surface area contributed by atoms with E-state index in [0.29, 0.717) is 0 Å². The maximum atomic E-state index is 13.0. The van der Waals surface area contributed by atoms with Crippen LogP contribution in [0, 0.1) is 25.7 Å². The molecule has 0 bridgehead atoms. The van der Waals surface area contributed by atoms with Crippen LogP contribution in [0.5, 0.6) is 0 Å². The van der Waals surface area contributed by atoms with Gasteiger partial charge in [-0.05, 0) is 58.0 Å². The van der Waals surface area contributed by atoms with E-state index in [-0.39, 0.29) is 18.3 Å². The Labute approximate surface area is 145 Å². The van der Waals surface area contributed by atoms with Gasteiger partial charge in [0.2, 0.25) is 0 Å². The number of carbonyl (C=O) groups is 1. The largest absolute Gasteiger partial charge is 0.339 e. The maximum Gasteiger partial charge on any atom is 0.257 e. The normalized spacial score (nSPS) is 24.0. The van der Waals surface area contributed by atoms with Gasteiger partial charge in [-0.1, -0.05) is 6.92 Å². The summed E-state index contributed by atoms with van der Waals surface area (Å²) in [6, 6.07) is 0. The fourth-order valence-electron chi connectivity index (χ4n) is 4.02. The molecule has 1 amide bonds. The average Bonchev–Trinajstić information content (AvgIpc) is 2.98. The Kier molecular flexibility index (Phi) is 6.09. The summed E-state index contributed by atoms with van der Waals surface area (Å²) < 4.78 is 1.99. The monoisotopic (exact) mass is 340 g/mol. The molecular formula is C17H29ClN4O. The lowest BCUT2D eigenvalue weighted by molar-refractivity contribution is 0.0757. The Morgan fingerprint density at radius 3 is 2.39 bits per heavy atom. The molecule has 0 unspecified atom stereocenters. The number of halogens is 1. The van der Waals surface area contributed by atoms with Gasteiger partial charge in [-0.25, -0.2) is 0 Å². The van der Waals surface area contributed by atoms with E-state index < -0.39 is 0 Å². The van der Waals surface area contributed by atoms with Crippen LogP contribution in [0.15, 0.2) is 0 Å². The lowest BCUT2D eigenvalue weighted by Crippen LogP contribution is -2.33. The number of nitrogens with zero attached hydrogens (tertiary/aromatic N) is 3. The van der Waals surface area contributed by atoms with E-state index in [1.165, 1.54) is 0 Å². The average molecular weight is 341 g/mol. The zero-order chi connectivity index (χ0) is 15.7. The van der Waals surface area contributed by atoms with Crippen LogP contribution >= 0.6 is 12.4 Å². The van der Waals surface area contributed by atoms with Crippen molar-refractivity contribution in [1.82, 2.24) is 20.0 Å². The SMILES string of the molecule is CCCn1nc(C)c(C(=O)N2CC[C@@H]3CNC[C@@H]3CC2)c1C.Cl. The van der Waals surface area contributed by atoms with Crippen LogP contribution in [-0.2, 0) is 6.54 Å². The second-order valence-corrected chi connectivity index (χ2v) is 6.82. The van der Waals surface area contributed by atoms with E-state index in [2.05, 4.69) is 22.2 Å². The van der Waals surface area contributed by atoms with Gasteiger partial charge in [0.05, 0.1) is 11.3 Å². The van der Waals surface area contributed by atoms with Crippen molar-refractivity contribution in [1.29, 1.82) is 0 Å². The summed E-state index contributed by atoms with van der Waals surface area (Å²) in [7, 11) is 0. The first-order chi connectivity index (χ1) is 10.6. The van der Waals surface area contributed by atoms with Crippen LogP contribution in [-0.4, -0.2) is 46.8 Å². The van der Waals surface area contributed by atoms with Crippen molar-refractivity contribution < 1.29 is 4.79 Å². The molecule has 0 aliphatic carbocycles. The number of aromatic nitrogens is 2. The highest BCUT2D eigenvalue weighted by Gasteiger charge is 2.32. The van der Waals surface area contributed by atoms with E-state index in [9.17, 15) is 4.79 Å². The number of likely N-dealkylation sites (tertiary alicyclic amines) is 1. The molecule has 0 spiro atoms. The lowest BCUT2D eigenvalue weighted by Gasteiger charge is -2.21. The van der Waals surface area contributed by atoms with Crippen LogP contribution in [0.3, 0.4) is 0 Å². The molecule has 23 heavy (non-hydrogen) atoms. The minimum absolute atomic E-state index is 0. The van der Waals surface area contributed by atoms with Crippen LogP contribution < -0.4 is 5.32 Å². The molecule has 2 fully saturated rings. The number of aryl methyl sites for hydroxylation is 2. The Bertz CT molecular complexity index is 543. The molecule has 3 heterocycles. The molecule has 130 valence electrons. The molecule has 5 nitrogen and oxygen atoms in total. The quantitative estimate of drug-likeness (QED) is 0.919. The minimum atomic E-state index is 0. The molecule has 2 saturated heterocycles. The predicted octanol–water partition coefficient (Wildman–Crippen LogP) is 2.40. The summed E-state index contributed by atoms with van der Waals surface area (Å²) in [6.07, 6.45) is 3.30. The van der Waals surface area contributed by atoms with Gasteiger partial charge in [0.25, 0.3) is 5.91 Å². The van der Waals surface area contributed by atoms with E-state index >= 15 is 0 Å². The van der Waals surface area contributed by atoms with Crippen LogP contribution in [0.4, 0.5) is 0 Å². The van der Waals surface area contributed by atoms with Crippen molar-refractivity contribution in [2.24, 2.45) is 11.8 Å². The first-order valence-corrected chi connectivity index (χ1v) is 8.65. The third kappa shape index (κ3) is 3.56. The van der Waals surface area contributed by atoms with Gasteiger partial charge in [0.1, 0.15) is 0 Å². The van der Waals surface area contributed by atoms with Crippen molar-refractivity contribution in [3.63, 3.8) is 0 Å². The van der Waals surface area contributed by atoms with Crippen molar-refractivity contribution in [3.8, 4) is 0 Å². The summed E-state index contributed by atoms with van der Waals surface area (Å²) in [5.74, 6) is 1.69. The molecule has 1 aromatic rings. The van der Waals surface area contributed by atoms with E-state index in [1.54, 1.807) is 0 Å². The highest BCUT2D eigenvalue weighted by atomic mass is 35.5. The standard InChI is InChI=1S/C17H28N4O.ClH/c1-4-7-21-13(3)16(12(2)19-21)17(22)20-8-5-14-10-18-11-15(14)6-9-20;/h14-15,18H,4-11H2,1-3H3;1H/t14-,15+;. The summed E-state index contributed by atoms with van der Waals surface area (Å²) in [5.41, 5.74) is 2.73. The topological polar surface area (TPSA) is 50.2 Å². The van der Waals surface area contributed by atoms with E-state index in [1.807, 2.05) is 18.5 Å². The second-order valence-electron chi connectivity index (χ2n) is 6.82. The summed E-state index contributed by atoms with van der Waals surface area (Å²) >= 11 is 0. The van der Waals surface area contributed by atoms with Gasteiger partial charge in [0, 0.05) is 25.3 Å². The number of hydrogen-bond acceptors (Lipinski definition) is 3. The van der Waals surface area contributed by atoms with Crippen molar-refractivity contribution in [2.75, 3.05) is 26.2 Å². The Morgan fingerprint density at radius 2 is 1.83 bits per heavy atom. The first kappa shape index (κ1) is 18.3. The minimum Gasteiger partial charge on any atom is -0.339 e. The Hall–Kier alpha value is -1.07. The zero-order valence-electron chi connectivity index (χ0n) is 14.5. The molecule has 6 heteroatoms. The van der Waals surface area contributed by atoms with Gasteiger partial charge in [-0.3, -0.25) is 9.48 Å². The third-order valence-electron chi connectivity index (χ3n) is 5.34. The molecular weight excluding hydrogens is 312 g/mol. The molecule has 0 radical (unpaired) electrons. The highest BCUT2D eigenvalue weighted by Crippen LogP contribution is 2.28. The fourth-order valence-corrected chi connectivity index (χ4v) is 4.02. The zero-order valence-corrected chi connectivity index (χ0v) is 15.3. The Balaban J connectivity index is 0.00000192. The van der Waals surface area contributed by atoms with Crippen molar-refractivity contribution in [2.45, 2.75) is 46.6 Å². The summed E-state index contributed by atoms with van der Waals surface area (Å²) in [6.45, 7) is 11.0. The molecule has 3 rings (SSSR count). The molecule has 0 aromatic carbocycles. The number of hydrogen-bond donors (Lipinski definition) is 1. The number of amides is 1. The van der Waals surface area contributed by atoms with Crippen LogP contribution in [0.2, 0.25) is 0 Å². The molecule has 1 aromatic heterocycles. The Morgan fingerprint density at radius 1 is 1.22 bits per heavy atom. The van der Waals surface area contributed by atoms with Crippen molar-refractivity contribution >= 4 is 18.3 Å². The number of rotatable bonds is 3. The highest BCUT2D eigenvalue weighted by molar-refractivity contribution is 5.96. The second kappa shape index (κ2) is 7.67. The number of nitrogens with one attached hydrogen (secondary N) is 1. The van der Waals surface area contributed by atoms with Crippen LogP contribution in [0.1, 0.15) is 47.9 Å². The molecule has 2 aliphatic heterocycles. The molecule has 2 aliphatic rings. The maximum absolute atomic E-state index is 13.0. The molecule has 1 N–H and O–H groups in total. The molecule has 2 atom stereocenters. The van der Waals surface area contributed by atoms with Crippen LogP contribution in [0.25, 0.3) is 0 Å². The predicted molar refractivity (Wildman–Crippen MR) is 94.2 cm³/mol.